The lowest BCUT2D eigenvalue weighted by molar-refractivity contribution is -0.138. The summed E-state index contributed by atoms with van der Waals surface area (Å²) in [6, 6.07) is 1.15. The zero-order valence-corrected chi connectivity index (χ0v) is 9.90. The lowest BCUT2D eigenvalue weighted by Gasteiger charge is -2.19. The second kappa shape index (κ2) is 6.04. The van der Waals surface area contributed by atoms with Crippen LogP contribution in [0.5, 0.6) is 0 Å². The van der Waals surface area contributed by atoms with Crippen molar-refractivity contribution in [3.05, 3.63) is 35.1 Å². The first-order chi connectivity index (χ1) is 9.23. The second-order valence-corrected chi connectivity index (χ2v) is 3.74. The van der Waals surface area contributed by atoms with E-state index in [1.807, 2.05) is 0 Å². The van der Waals surface area contributed by atoms with Crippen molar-refractivity contribution in [2.75, 3.05) is 13.1 Å². The van der Waals surface area contributed by atoms with Crippen molar-refractivity contribution >= 4 is 17.8 Å². The van der Waals surface area contributed by atoms with Crippen molar-refractivity contribution < 1.29 is 32.7 Å². The summed E-state index contributed by atoms with van der Waals surface area (Å²) in [6.07, 6.45) is 0. The van der Waals surface area contributed by atoms with Crippen molar-refractivity contribution in [1.29, 1.82) is 0 Å². The Morgan fingerprint density at radius 3 is 2.20 bits per heavy atom. The molecule has 0 unspecified atom stereocenters. The molecule has 0 atom stereocenters. The SMILES string of the molecule is NC(=O)CN(CC(=O)O)C(=O)c1ccc(F)c(F)c1F. The van der Waals surface area contributed by atoms with E-state index in [1.54, 1.807) is 0 Å². The molecular weight excluding hydrogens is 281 g/mol. The molecule has 1 aromatic rings. The smallest absolute Gasteiger partial charge is 0.323 e. The predicted molar refractivity (Wildman–Crippen MR) is 59.0 cm³/mol. The lowest BCUT2D eigenvalue weighted by Crippen LogP contribution is -2.41. The van der Waals surface area contributed by atoms with Crippen molar-refractivity contribution in [2.45, 2.75) is 0 Å². The van der Waals surface area contributed by atoms with Gasteiger partial charge in [-0.05, 0) is 12.1 Å². The number of carbonyl (C=O) groups is 3. The van der Waals surface area contributed by atoms with E-state index in [2.05, 4.69) is 0 Å². The summed E-state index contributed by atoms with van der Waals surface area (Å²) in [5.41, 5.74) is 3.93. The maximum absolute atomic E-state index is 13.4. The summed E-state index contributed by atoms with van der Waals surface area (Å²) >= 11 is 0. The molecule has 108 valence electrons. The molecule has 0 radical (unpaired) electrons. The summed E-state index contributed by atoms with van der Waals surface area (Å²) in [5, 5.41) is 8.59. The van der Waals surface area contributed by atoms with Crippen molar-refractivity contribution in [2.24, 2.45) is 5.73 Å². The maximum Gasteiger partial charge on any atom is 0.323 e. The molecule has 0 fully saturated rings. The van der Waals surface area contributed by atoms with E-state index in [4.69, 9.17) is 10.8 Å². The summed E-state index contributed by atoms with van der Waals surface area (Å²) in [5.74, 6) is -8.95. The first kappa shape index (κ1) is 15.5. The van der Waals surface area contributed by atoms with Crippen LogP contribution in [-0.4, -0.2) is 40.9 Å². The molecule has 0 bridgehead atoms. The van der Waals surface area contributed by atoms with E-state index in [9.17, 15) is 27.6 Å². The fourth-order valence-electron chi connectivity index (χ4n) is 1.41. The van der Waals surface area contributed by atoms with Gasteiger partial charge in [-0.15, -0.1) is 0 Å². The molecule has 0 heterocycles. The normalized spacial score (nSPS) is 10.2. The number of nitrogens with two attached hydrogens (primary N) is 1. The Morgan fingerprint density at radius 1 is 1.10 bits per heavy atom. The highest BCUT2D eigenvalue weighted by Gasteiger charge is 2.25. The van der Waals surface area contributed by atoms with Crippen LogP contribution in [-0.2, 0) is 9.59 Å². The van der Waals surface area contributed by atoms with Crippen LogP contribution >= 0.6 is 0 Å². The summed E-state index contributed by atoms with van der Waals surface area (Å²) in [6.45, 7) is -1.75. The third kappa shape index (κ3) is 3.46. The standard InChI is InChI=1S/C11H9F3N2O4/c12-6-2-1-5(9(13)10(6)14)11(20)16(3-7(15)17)4-8(18)19/h1-2H,3-4H2,(H2,15,17)(H,18,19). The molecule has 3 N–H and O–H groups in total. The summed E-state index contributed by atoms with van der Waals surface area (Å²) < 4.78 is 39.2. The quantitative estimate of drug-likeness (QED) is 0.752. The predicted octanol–water partition coefficient (Wildman–Crippen LogP) is 0.116. The minimum Gasteiger partial charge on any atom is -0.480 e. The van der Waals surface area contributed by atoms with Crippen molar-refractivity contribution in [3.63, 3.8) is 0 Å². The Labute approximate surface area is 110 Å². The number of hydrogen-bond acceptors (Lipinski definition) is 3. The van der Waals surface area contributed by atoms with E-state index in [0.29, 0.717) is 17.0 Å². The average molecular weight is 290 g/mol. The molecule has 6 nitrogen and oxygen atoms in total. The van der Waals surface area contributed by atoms with Gasteiger partial charge in [0.05, 0.1) is 5.56 Å². The fraction of sp³-hybridized carbons (Fsp3) is 0.182. The van der Waals surface area contributed by atoms with E-state index in [1.165, 1.54) is 0 Å². The van der Waals surface area contributed by atoms with Gasteiger partial charge in [0.1, 0.15) is 13.1 Å². The largest absolute Gasteiger partial charge is 0.480 e. The monoisotopic (exact) mass is 290 g/mol. The van der Waals surface area contributed by atoms with E-state index >= 15 is 0 Å². The van der Waals surface area contributed by atoms with E-state index in [0.717, 1.165) is 0 Å². The van der Waals surface area contributed by atoms with Gasteiger partial charge in [0.15, 0.2) is 17.5 Å². The lowest BCUT2D eigenvalue weighted by atomic mass is 10.1. The highest BCUT2D eigenvalue weighted by atomic mass is 19.2. The van der Waals surface area contributed by atoms with Gasteiger partial charge < -0.3 is 15.7 Å². The number of primary amides is 1. The number of carboxylic acids is 1. The van der Waals surface area contributed by atoms with Gasteiger partial charge in [0.25, 0.3) is 5.91 Å². The topological polar surface area (TPSA) is 101 Å². The fourth-order valence-corrected chi connectivity index (χ4v) is 1.41. The number of carbonyl (C=O) groups excluding carboxylic acids is 2. The van der Waals surface area contributed by atoms with Gasteiger partial charge in [-0.25, -0.2) is 13.2 Å². The van der Waals surface area contributed by atoms with Crippen LogP contribution in [0.2, 0.25) is 0 Å². The molecule has 0 spiro atoms. The molecule has 0 aliphatic carbocycles. The Bertz CT molecular complexity index is 561. The number of benzene rings is 1. The first-order valence-electron chi connectivity index (χ1n) is 5.17. The maximum atomic E-state index is 13.4. The second-order valence-electron chi connectivity index (χ2n) is 3.74. The number of aliphatic carboxylic acids is 1. The van der Waals surface area contributed by atoms with Gasteiger partial charge in [-0.1, -0.05) is 0 Å². The van der Waals surface area contributed by atoms with Gasteiger partial charge in [0.2, 0.25) is 5.91 Å². The Morgan fingerprint density at radius 2 is 1.70 bits per heavy atom. The van der Waals surface area contributed by atoms with Crippen molar-refractivity contribution in [3.8, 4) is 0 Å². The molecule has 0 aliphatic rings. The van der Waals surface area contributed by atoms with Crippen LogP contribution in [0, 0.1) is 17.5 Å². The third-order valence-electron chi connectivity index (χ3n) is 2.23. The van der Waals surface area contributed by atoms with Gasteiger partial charge in [-0.3, -0.25) is 14.4 Å². The van der Waals surface area contributed by atoms with E-state index < -0.39 is 53.9 Å². The van der Waals surface area contributed by atoms with Gasteiger partial charge >= 0.3 is 5.97 Å². The molecule has 0 aromatic heterocycles. The summed E-state index contributed by atoms with van der Waals surface area (Å²) in [4.78, 5) is 33.5. The molecule has 9 heteroatoms. The number of rotatable bonds is 5. The van der Waals surface area contributed by atoms with E-state index in [-0.39, 0.29) is 0 Å². The number of nitrogens with zero attached hydrogens (tertiary/aromatic N) is 1. The van der Waals surface area contributed by atoms with Crippen LogP contribution in [0.25, 0.3) is 0 Å². The van der Waals surface area contributed by atoms with Gasteiger partial charge in [-0.2, -0.15) is 0 Å². The number of amides is 2. The van der Waals surface area contributed by atoms with Crippen LogP contribution in [0.15, 0.2) is 12.1 Å². The molecule has 0 saturated heterocycles. The highest BCUT2D eigenvalue weighted by Crippen LogP contribution is 2.16. The number of carboxylic acid groups (broad SMARTS) is 1. The average Bonchev–Trinajstić information content (AvgIpc) is 2.33. The zero-order valence-electron chi connectivity index (χ0n) is 9.90. The molecule has 0 saturated carbocycles. The molecule has 1 rings (SSSR count). The molecular formula is C11H9F3N2O4. The highest BCUT2D eigenvalue weighted by molar-refractivity contribution is 5.98. The minimum atomic E-state index is -1.87. The third-order valence-corrected chi connectivity index (χ3v) is 2.23. The molecule has 2 amide bonds. The summed E-state index contributed by atoms with van der Waals surface area (Å²) in [7, 11) is 0. The Kier molecular flexibility index (Phi) is 4.68. The van der Waals surface area contributed by atoms with Crippen LogP contribution in [0.1, 0.15) is 10.4 Å². The first-order valence-corrected chi connectivity index (χ1v) is 5.17. The molecule has 0 aliphatic heterocycles. The molecule has 20 heavy (non-hydrogen) atoms. The van der Waals surface area contributed by atoms with Crippen LogP contribution in [0.3, 0.4) is 0 Å². The van der Waals surface area contributed by atoms with Gasteiger partial charge in [0, 0.05) is 0 Å². The van der Waals surface area contributed by atoms with Crippen LogP contribution in [0.4, 0.5) is 13.2 Å². The molecule has 1 aromatic carbocycles. The number of halogens is 3. The van der Waals surface area contributed by atoms with Crippen LogP contribution < -0.4 is 5.73 Å². The van der Waals surface area contributed by atoms with Crippen molar-refractivity contribution in [1.82, 2.24) is 4.90 Å². The Balaban J connectivity index is 3.15. The number of hydrogen-bond donors (Lipinski definition) is 2. The zero-order chi connectivity index (χ0) is 15.4. The minimum absolute atomic E-state index is 0.403. The Hall–Kier alpha value is -2.58.